The van der Waals surface area contributed by atoms with E-state index in [1.54, 1.807) is 29.8 Å². The molecule has 0 bridgehead atoms. The van der Waals surface area contributed by atoms with Crippen molar-refractivity contribution in [3.63, 3.8) is 0 Å². The number of anilines is 1. The van der Waals surface area contributed by atoms with Crippen LogP contribution in [0.3, 0.4) is 0 Å². The summed E-state index contributed by atoms with van der Waals surface area (Å²) in [6.45, 7) is 0. The normalized spacial score (nSPS) is 11.2. The summed E-state index contributed by atoms with van der Waals surface area (Å²) in [4.78, 5) is 23.9. The summed E-state index contributed by atoms with van der Waals surface area (Å²) in [5, 5.41) is 3.66. The molecule has 1 amide bonds. The third-order valence-electron chi connectivity index (χ3n) is 3.59. The fraction of sp³-hybridized carbons (Fsp3) is 0. The van der Waals surface area contributed by atoms with Gasteiger partial charge in [-0.1, -0.05) is 24.3 Å². The maximum atomic E-state index is 12.2. The van der Waals surface area contributed by atoms with Gasteiger partial charge in [-0.15, -0.1) is 11.3 Å². The van der Waals surface area contributed by atoms with E-state index in [0.29, 0.717) is 5.69 Å². The summed E-state index contributed by atoms with van der Waals surface area (Å²) in [6, 6.07) is 15.4. The van der Waals surface area contributed by atoms with Gasteiger partial charge in [0.25, 0.3) is 0 Å². The molecule has 0 spiro atoms. The molecule has 0 aliphatic carbocycles. The molecule has 2 heterocycles. The first-order valence-corrected chi connectivity index (χ1v) is 8.54. The van der Waals surface area contributed by atoms with Gasteiger partial charge in [0.05, 0.1) is 10.2 Å². The first-order valence-electron chi connectivity index (χ1n) is 7.72. The largest absolute Gasteiger partial charge is 0.345 e. The number of amides is 1. The number of para-hydroxylation sites is 1. The van der Waals surface area contributed by atoms with Crippen LogP contribution in [0.2, 0.25) is 0 Å². The minimum Gasteiger partial charge on any atom is -0.345 e. The standard InChI is InChI=1S/C19H14N4OS/c24-17(8-9-18-23-15-6-1-2-7-16(15)25-18)22-14-5-3-4-13(12-14)19-20-10-11-21-19/h1-12H,(H,20,21)(H,22,24)/b9-8+. The molecule has 0 unspecified atom stereocenters. The van der Waals surface area contributed by atoms with Crippen molar-refractivity contribution in [2.24, 2.45) is 0 Å². The average Bonchev–Trinajstić information content (AvgIpc) is 3.29. The van der Waals surface area contributed by atoms with Gasteiger partial charge in [0.1, 0.15) is 10.8 Å². The van der Waals surface area contributed by atoms with Gasteiger partial charge in [-0.25, -0.2) is 9.97 Å². The SMILES string of the molecule is O=C(/C=C/c1nc2ccccc2s1)Nc1cccc(-c2ncc[nH]2)c1. The van der Waals surface area contributed by atoms with Crippen LogP contribution in [-0.2, 0) is 4.79 Å². The van der Waals surface area contributed by atoms with E-state index in [-0.39, 0.29) is 5.91 Å². The number of aromatic amines is 1. The Morgan fingerprint density at radius 3 is 2.92 bits per heavy atom. The van der Waals surface area contributed by atoms with Gasteiger partial charge in [-0.2, -0.15) is 0 Å². The van der Waals surface area contributed by atoms with Gasteiger partial charge in [0.15, 0.2) is 0 Å². The zero-order chi connectivity index (χ0) is 17.1. The highest BCUT2D eigenvalue weighted by atomic mass is 32.1. The van der Waals surface area contributed by atoms with E-state index in [0.717, 1.165) is 26.6 Å². The lowest BCUT2D eigenvalue weighted by Crippen LogP contribution is -2.07. The van der Waals surface area contributed by atoms with Crippen LogP contribution in [0.4, 0.5) is 5.69 Å². The topological polar surface area (TPSA) is 70.7 Å². The molecule has 4 aromatic rings. The molecular weight excluding hydrogens is 332 g/mol. The van der Waals surface area contributed by atoms with Crippen molar-refractivity contribution in [1.29, 1.82) is 0 Å². The van der Waals surface area contributed by atoms with Gasteiger partial charge < -0.3 is 10.3 Å². The molecule has 0 fully saturated rings. The van der Waals surface area contributed by atoms with Gasteiger partial charge in [-0.05, 0) is 30.3 Å². The molecular formula is C19H14N4OS. The first kappa shape index (κ1) is 15.3. The number of hydrogen-bond donors (Lipinski definition) is 2. The molecule has 2 aromatic heterocycles. The Morgan fingerprint density at radius 1 is 1.16 bits per heavy atom. The fourth-order valence-corrected chi connectivity index (χ4v) is 3.33. The molecule has 0 aliphatic rings. The lowest BCUT2D eigenvalue weighted by molar-refractivity contribution is -0.111. The molecule has 5 nitrogen and oxygen atoms in total. The second kappa shape index (κ2) is 6.70. The predicted octanol–water partition coefficient (Wildman–Crippen LogP) is 4.34. The number of benzene rings is 2. The van der Waals surface area contributed by atoms with Crippen LogP contribution >= 0.6 is 11.3 Å². The highest BCUT2D eigenvalue weighted by molar-refractivity contribution is 7.19. The van der Waals surface area contributed by atoms with Crippen molar-refractivity contribution in [1.82, 2.24) is 15.0 Å². The van der Waals surface area contributed by atoms with Crippen LogP contribution in [0, 0.1) is 0 Å². The molecule has 4 rings (SSSR count). The molecule has 0 saturated heterocycles. The molecule has 25 heavy (non-hydrogen) atoms. The molecule has 6 heteroatoms. The number of rotatable bonds is 4. The van der Waals surface area contributed by atoms with E-state index in [4.69, 9.17) is 0 Å². The smallest absolute Gasteiger partial charge is 0.248 e. The van der Waals surface area contributed by atoms with Gasteiger partial charge in [0, 0.05) is 29.7 Å². The second-order valence-corrected chi connectivity index (χ2v) is 6.42. The van der Waals surface area contributed by atoms with Crippen LogP contribution in [0.25, 0.3) is 27.7 Å². The summed E-state index contributed by atoms with van der Waals surface area (Å²) in [5.74, 6) is 0.567. The van der Waals surface area contributed by atoms with Crippen LogP contribution < -0.4 is 5.32 Å². The Morgan fingerprint density at radius 2 is 2.08 bits per heavy atom. The van der Waals surface area contributed by atoms with E-state index in [2.05, 4.69) is 20.3 Å². The highest BCUT2D eigenvalue weighted by Crippen LogP contribution is 2.22. The number of thiazole rings is 1. The maximum Gasteiger partial charge on any atom is 0.248 e. The van der Waals surface area contributed by atoms with Crippen molar-refractivity contribution in [3.8, 4) is 11.4 Å². The molecule has 122 valence electrons. The Labute approximate surface area is 148 Å². The number of carbonyl (C=O) groups is 1. The Bertz CT molecular complexity index is 1020. The number of hydrogen-bond acceptors (Lipinski definition) is 4. The summed E-state index contributed by atoms with van der Waals surface area (Å²) < 4.78 is 1.11. The number of nitrogens with zero attached hydrogens (tertiary/aromatic N) is 2. The van der Waals surface area contributed by atoms with Crippen molar-refractivity contribution < 1.29 is 4.79 Å². The maximum absolute atomic E-state index is 12.2. The lowest BCUT2D eigenvalue weighted by Gasteiger charge is -2.04. The zero-order valence-corrected chi connectivity index (χ0v) is 14.0. The Hall–Kier alpha value is -3.25. The third kappa shape index (κ3) is 3.49. The molecule has 2 N–H and O–H groups in total. The average molecular weight is 346 g/mol. The van der Waals surface area contributed by atoms with Crippen molar-refractivity contribution in [3.05, 3.63) is 72.0 Å². The number of aromatic nitrogens is 3. The fourth-order valence-electron chi connectivity index (χ4n) is 2.46. The zero-order valence-electron chi connectivity index (χ0n) is 13.1. The van der Waals surface area contributed by atoms with Crippen LogP contribution in [0.1, 0.15) is 5.01 Å². The summed E-state index contributed by atoms with van der Waals surface area (Å²) >= 11 is 1.56. The molecule has 0 radical (unpaired) electrons. The predicted molar refractivity (Wildman–Crippen MR) is 101 cm³/mol. The van der Waals surface area contributed by atoms with Gasteiger partial charge in [-0.3, -0.25) is 4.79 Å². The summed E-state index contributed by atoms with van der Waals surface area (Å²) in [5.41, 5.74) is 2.57. The van der Waals surface area contributed by atoms with E-state index in [1.165, 1.54) is 6.08 Å². The number of H-pyrrole nitrogens is 1. The lowest BCUT2D eigenvalue weighted by atomic mass is 10.2. The highest BCUT2D eigenvalue weighted by Gasteiger charge is 2.04. The summed E-state index contributed by atoms with van der Waals surface area (Å²) in [7, 11) is 0. The van der Waals surface area contributed by atoms with Gasteiger partial charge >= 0.3 is 0 Å². The van der Waals surface area contributed by atoms with E-state index >= 15 is 0 Å². The van der Waals surface area contributed by atoms with Crippen LogP contribution in [-0.4, -0.2) is 20.9 Å². The minimum absolute atomic E-state index is 0.198. The second-order valence-electron chi connectivity index (χ2n) is 5.36. The number of nitrogens with one attached hydrogen (secondary N) is 2. The quantitative estimate of drug-likeness (QED) is 0.540. The molecule has 2 aromatic carbocycles. The van der Waals surface area contributed by atoms with Crippen molar-refractivity contribution in [2.75, 3.05) is 5.32 Å². The molecule has 0 atom stereocenters. The number of carbonyl (C=O) groups excluding carboxylic acids is 1. The van der Waals surface area contributed by atoms with Crippen LogP contribution in [0.5, 0.6) is 0 Å². The third-order valence-corrected chi connectivity index (χ3v) is 4.59. The van der Waals surface area contributed by atoms with E-state index < -0.39 is 0 Å². The first-order chi connectivity index (χ1) is 12.3. The number of imidazole rings is 1. The van der Waals surface area contributed by atoms with Gasteiger partial charge in [0.2, 0.25) is 5.91 Å². The van der Waals surface area contributed by atoms with Crippen molar-refractivity contribution >= 4 is 39.2 Å². The molecule has 0 aliphatic heterocycles. The number of fused-ring (bicyclic) bond motifs is 1. The van der Waals surface area contributed by atoms with E-state index in [9.17, 15) is 4.79 Å². The van der Waals surface area contributed by atoms with E-state index in [1.807, 2.05) is 48.5 Å². The Kier molecular flexibility index (Phi) is 4.10. The monoisotopic (exact) mass is 346 g/mol. The van der Waals surface area contributed by atoms with Crippen LogP contribution in [0.15, 0.2) is 67.0 Å². The summed E-state index contributed by atoms with van der Waals surface area (Å²) in [6.07, 6.45) is 6.69. The minimum atomic E-state index is -0.198. The van der Waals surface area contributed by atoms with Crippen molar-refractivity contribution in [2.45, 2.75) is 0 Å². The Balaban J connectivity index is 1.47. The molecule has 0 saturated carbocycles.